The molecule has 1 aromatic rings. The van der Waals surface area contributed by atoms with Crippen molar-refractivity contribution in [2.45, 2.75) is 52.6 Å². The van der Waals surface area contributed by atoms with Crippen molar-refractivity contribution in [1.82, 2.24) is 10.2 Å². The standard InChI is InChI=1S/C21H37N3O/c1-4-5-16-25-17-6-11-22-18-20-7-9-21(10-8-20)24-14-12-23(13-15-24)19(2)3/h7-10,19,22H,4-6,11-18H2,1-3H3. The van der Waals surface area contributed by atoms with Crippen molar-refractivity contribution in [3.63, 3.8) is 0 Å². The van der Waals surface area contributed by atoms with Crippen LogP contribution in [0.2, 0.25) is 0 Å². The molecule has 142 valence electrons. The zero-order valence-electron chi connectivity index (χ0n) is 16.5. The first kappa shape index (κ1) is 20.2. The number of unbranched alkanes of at least 4 members (excludes halogenated alkanes) is 1. The monoisotopic (exact) mass is 347 g/mol. The van der Waals surface area contributed by atoms with Gasteiger partial charge in [0.15, 0.2) is 0 Å². The molecule has 25 heavy (non-hydrogen) atoms. The van der Waals surface area contributed by atoms with Crippen LogP contribution in [0.1, 0.15) is 45.6 Å². The summed E-state index contributed by atoms with van der Waals surface area (Å²) in [6.45, 7) is 15.1. The van der Waals surface area contributed by atoms with Crippen LogP contribution < -0.4 is 10.2 Å². The Hall–Kier alpha value is -1.10. The summed E-state index contributed by atoms with van der Waals surface area (Å²) in [5.41, 5.74) is 2.72. The topological polar surface area (TPSA) is 27.7 Å². The molecule has 0 saturated carbocycles. The molecule has 4 nitrogen and oxygen atoms in total. The van der Waals surface area contributed by atoms with E-state index in [9.17, 15) is 0 Å². The van der Waals surface area contributed by atoms with Crippen molar-refractivity contribution in [3.05, 3.63) is 29.8 Å². The molecule has 0 amide bonds. The number of benzene rings is 1. The maximum atomic E-state index is 5.58. The van der Waals surface area contributed by atoms with E-state index < -0.39 is 0 Å². The first-order chi connectivity index (χ1) is 12.2. The van der Waals surface area contributed by atoms with Gasteiger partial charge in [-0.15, -0.1) is 0 Å². The zero-order chi connectivity index (χ0) is 17.9. The van der Waals surface area contributed by atoms with E-state index in [0.29, 0.717) is 6.04 Å². The summed E-state index contributed by atoms with van der Waals surface area (Å²) < 4.78 is 5.58. The highest BCUT2D eigenvalue weighted by molar-refractivity contribution is 5.48. The number of ether oxygens (including phenoxy) is 1. The molecule has 0 bridgehead atoms. The normalized spacial score (nSPS) is 15.9. The van der Waals surface area contributed by atoms with Gasteiger partial charge in [0, 0.05) is 57.7 Å². The minimum absolute atomic E-state index is 0.660. The second-order valence-corrected chi connectivity index (χ2v) is 7.28. The number of anilines is 1. The Bertz CT molecular complexity index is 453. The third-order valence-corrected chi connectivity index (χ3v) is 4.96. The highest BCUT2D eigenvalue weighted by Gasteiger charge is 2.18. The lowest BCUT2D eigenvalue weighted by atomic mass is 10.1. The lowest BCUT2D eigenvalue weighted by molar-refractivity contribution is 0.129. The molecule has 1 aliphatic heterocycles. The zero-order valence-corrected chi connectivity index (χ0v) is 16.5. The molecule has 2 rings (SSSR count). The van der Waals surface area contributed by atoms with Gasteiger partial charge in [-0.1, -0.05) is 25.5 Å². The Morgan fingerprint density at radius 2 is 1.68 bits per heavy atom. The quantitative estimate of drug-likeness (QED) is 0.620. The average molecular weight is 348 g/mol. The van der Waals surface area contributed by atoms with Crippen LogP contribution >= 0.6 is 0 Å². The molecule has 1 aromatic carbocycles. The molecule has 0 radical (unpaired) electrons. The first-order valence-corrected chi connectivity index (χ1v) is 10.1. The van der Waals surface area contributed by atoms with Gasteiger partial charge in [0.25, 0.3) is 0 Å². The molecule has 0 unspecified atom stereocenters. The van der Waals surface area contributed by atoms with Crippen LogP contribution in [0.5, 0.6) is 0 Å². The molecule has 0 aliphatic carbocycles. The van der Waals surface area contributed by atoms with Gasteiger partial charge in [-0.05, 0) is 50.9 Å². The van der Waals surface area contributed by atoms with E-state index in [1.54, 1.807) is 0 Å². The van der Waals surface area contributed by atoms with Gasteiger partial charge in [0.05, 0.1) is 0 Å². The van der Waals surface area contributed by atoms with Gasteiger partial charge in [0.2, 0.25) is 0 Å². The smallest absolute Gasteiger partial charge is 0.0478 e. The largest absolute Gasteiger partial charge is 0.381 e. The Balaban J connectivity index is 1.62. The van der Waals surface area contributed by atoms with E-state index in [1.165, 1.54) is 37.2 Å². The van der Waals surface area contributed by atoms with E-state index >= 15 is 0 Å². The number of hydrogen-bond acceptors (Lipinski definition) is 4. The van der Waals surface area contributed by atoms with Gasteiger partial charge >= 0.3 is 0 Å². The van der Waals surface area contributed by atoms with Crippen LogP contribution in [0.25, 0.3) is 0 Å². The second kappa shape index (κ2) is 11.5. The summed E-state index contributed by atoms with van der Waals surface area (Å²) in [5.74, 6) is 0. The maximum absolute atomic E-state index is 5.58. The van der Waals surface area contributed by atoms with Crippen LogP contribution in [-0.2, 0) is 11.3 Å². The molecule has 0 atom stereocenters. The molecule has 4 heteroatoms. The number of nitrogens with zero attached hydrogens (tertiary/aromatic N) is 2. The fourth-order valence-corrected chi connectivity index (χ4v) is 3.20. The molecule has 1 aliphatic rings. The summed E-state index contributed by atoms with van der Waals surface area (Å²) in [7, 11) is 0. The van der Waals surface area contributed by atoms with Crippen LogP contribution in [0.15, 0.2) is 24.3 Å². The van der Waals surface area contributed by atoms with Crippen molar-refractivity contribution >= 4 is 5.69 Å². The third kappa shape index (κ3) is 7.35. The third-order valence-electron chi connectivity index (χ3n) is 4.96. The van der Waals surface area contributed by atoms with Crippen molar-refractivity contribution in [2.24, 2.45) is 0 Å². The average Bonchev–Trinajstić information content (AvgIpc) is 2.64. The Morgan fingerprint density at radius 1 is 1.00 bits per heavy atom. The van der Waals surface area contributed by atoms with Gasteiger partial charge in [0.1, 0.15) is 0 Å². The minimum atomic E-state index is 0.660. The van der Waals surface area contributed by atoms with Gasteiger partial charge in [-0.3, -0.25) is 4.90 Å². The highest BCUT2D eigenvalue weighted by Crippen LogP contribution is 2.18. The summed E-state index contributed by atoms with van der Waals surface area (Å²) in [5, 5.41) is 3.51. The molecule has 0 aromatic heterocycles. The predicted molar refractivity (Wildman–Crippen MR) is 107 cm³/mol. The van der Waals surface area contributed by atoms with Gasteiger partial charge in [-0.25, -0.2) is 0 Å². The molecule has 1 fully saturated rings. The Morgan fingerprint density at radius 3 is 2.32 bits per heavy atom. The summed E-state index contributed by atoms with van der Waals surface area (Å²) in [6, 6.07) is 9.72. The summed E-state index contributed by atoms with van der Waals surface area (Å²) in [4.78, 5) is 5.06. The van der Waals surface area contributed by atoms with Crippen LogP contribution in [0.3, 0.4) is 0 Å². The van der Waals surface area contributed by atoms with E-state index in [-0.39, 0.29) is 0 Å². The molecular formula is C21H37N3O. The van der Waals surface area contributed by atoms with E-state index in [1.807, 2.05) is 0 Å². The molecule has 0 spiro atoms. The van der Waals surface area contributed by atoms with Crippen molar-refractivity contribution < 1.29 is 4.74 Å². The summed E-state index contributed by atoms with van der Waals surface area (Å²) in [6.07, 6.45) is 3.47. The second-order valence-electron chi connectivity index (χ2n) is 7.28. The lowest BCUT2D eigenvalue weighted by Crippen LogP contribution is -2.48. The highest BCUT2D eigenvalue weighted by atomic mass is 16.5. The fraction of sp³-hybridized carbons (Fsp3) is 0.714. The van der Waals surface area contributed by atoms with Crippen LogP contribution in [0.4, 0.5) is 5.69 Å². The Kier molecular flexibility index (Phi) is 9.30. The fourth-order valence-electron chi connectivity index (χ4n) is 3.20. The molecule has 1 saturated heterocycles. The van der Waals surface area contributed by atoms with Crippen LogP contribution in [0, 0.1) is 0 Å². The molecule has 1 N–H and O–H groups in total. The maximum Gasteiger partial charge on any atom is 0.0478 e. The van der Waals surface area contributed by atoms with Gasteiger partial charge < -0.3 is 15.0 Å². The molecule has 1 heterocycles. The first-order valence-electron chi connectivity index (χ1n) is 10.1. The van der Waals surface area contributed by atoms with E-state index in [2.05, 4.69) is 60.2 Å². The Labute approximate surface area is 154 Å². The predicted octanol–water partition coefficient (Wildman–Crippen LogP) is 3.51. The number of nitrogens with one attached hydrogen (secondary N) is 1. The SMILES string of the molecule is CCCCOCCCNCc1ccc(N2CCN(C(C)C)CC2)cc1. The van der Waals surface area contributed by atoms with E-state index in [4.69, 9.17) is 4.74 Å². The lowest BCUT2D eigenvalue weighted by Gasteiger charge is -2.38. The van der Waals surface area contributed by atoms with Crippen LogP contribution in [-0.4, -0.2) is 56.9 Å². The number of hydrogen-bond donors (Lipinski definition) is 1. The van der Waals surface area contributed by atoms with Crippen molar-refractivity contribution in [1.29, 1.82) is 0 Å². The molecular weight excluding hydrogens is 310 g/mol. The van der Waals surface area contributed by atoms with Crippen molar-refractivity contribution in [2.75, 3.05) is 50.8 Å². The minimum Gasteiger partial charge on any atom is -0.381 e. The van der Waals surface area contributed by atoms with E-state index in [0.717, 1.165) is 45.8 Å². The van der Waals surface area contributed by atoms with Gasteiger partial charge in [-0.2, -0.15) is 0 Å². The number of piperazine rings is 1. The number of rotatable bonds is 11. The van der Waals surface area contributed by atoms with Crippen molar-refractivity contribution in [3.8, 4) is 0 Å². The summed E-state index contributed by atoms with van der Waals surface area (Å²) >= 11 is 0.